The second-order valence-electron chi connectivity index (χ2n) is 4.79. The molecule has 17 heavy (non-hydrogen) atoms. The lowest BCUT2D eigenvalue weighted by Gasteiger charge is -2.38. The third-order valence-electron chi connectivity index (χ3n) is 3.60. The molecule has 0 amide bonds. The fourth-order valence-corrected chi connectivity index (χ4v) is 2.33. The summed E-state index contributed by atoms with van der Waals surface area (Å²) in [7, 11) is 0. The van der Waals surface area contributed by atoms with Crippen LogP contribution in [0.5, 0.6) is 0 Å². The van der Waals surface area contributed by atoms with Crippen LogP contribution >= 0.6 is 0 Å². The number of anilines is 1. The van der Waals surface area contributed by atoms with E-state index >= 15 is 0 Å². The van der Waals surface area contributed by atoms with Crippen LogP contribution in [0, 0.1) is 0 Å². The van der Waals surface area contributed by atoms with Crippen LogP contribution in [0.2, 0.25) is 0 Å². The Morgan fingerprint density at radius 3 is 2.82 bits per heavy atom. The van der Waals surface area contributed by atoms with E-state index < -0.39 is 0 Å². The van der Waals surface area contributed by atoms with Crippen molar-refractivity contribution in [1.82, 2.24) is 14.9 Å². The Kier molecular flexibility index (Phi) is 2.63. The minimum Gasteiger partial charge on any atom is -0.347 e. The van der Waals surface area contributed by atoms with Crippen molar-refractivity contribution in [2.45, 2.75) is 31.8 Å². The summed E-state index contributed by atoms with van der Waals surface area (Å²) >= 11 is 0. The zero-order valence-corrected chi connectivity index (χ0v) is 10.1. The Morgan fingerprint density at radius 2 is 2.29 bits per heavy atom. The summed E-state index contributed by atoms with van der Waals surface area (Å²) in [5, 5.41) is 3.24. The van der Waals surface area contributed by atoms with E-state index in [4.69, 9.17) is 0 Å². The van der Waals surface area contributed by atoms with Gasteiger partial charge in [0.1, 0.15) is 0 Å². The molecule has 1 saturated heterocycles. The molecule has 1 aliphatic heterocycles. The van der Waals surface area contributed by atoms with Crippen molar-refractivity contribution in [3.63, 3.8) is 0 Å². The maximum absolute atomic E-state index is 12.3. The van der Waals surface area contributed by atoms with E-state index in [0.29, 0.717) is 17.9 Å². The molecule has 0 bridgehead atoms. The third kappa shape index (κ3) is 1.84. The van der Waals surface area contributed by atoms with E-state index in [2.05, 4.69) is 22.1 Å². The summed E-state index contributed by atoms with van der Waals surface area (Å²) in [4.78, 5) is 18.7. The van der Waals surface area contributed by atoms with Gasteiger partial charge >= 0.3 is 0 Å². The third-order valence-corrected chi connectivity index (χ3v) is 3.60. The first kappa shape index (κ1) is 10.8. The predicted molar refractivity (Wildman–Crippen MR) is 66.4 cm³/mol. The second-order valence-corrected chi connectivity index (χ2v) is 4.79. The Hall–Kier alpha value is -1.36. The lowest BCUT2D eigenvalue weighted by atomic mass is 10.1. The van der Waals surface area contributed by atoms with Crippen LogP contribution in [-0.4, -0.2) is 35.2 Å². The summed E-state index contributed by atoms with van der Waals surface area (Å²) in [5.41, 5.74) is 0.0729. The van der Waals surface area contributed by atoms with Gasteiger partial charge in [0.05, 0.1) is 6.04 Å². The number of nitrogens with one attached hydrogen (secondary N) is 1. The zero-order valence-electron chi connectivity index (χ0n) is 10.1. The Balaban J connectivity index is 1.95. The van der Waals surface area contributed by atoms with E-state index in [-0.39, 0.29) is 5.56 Å². The van der Waals surface area contributed by atoms with Crippen LogP contribution in [0.4, 0.5) is 5.82 Å². The van der Waals surface area contributed by atoms with Gasteiger partial charge < -0.3 is 14.8 Å². The molecule has 1 aliphatic carbocycles. The molecule has 92 valence electrons. The number of nitrogens with zero attached hydrogens (tertiary/aromatic N) is 3. The van der Waals surface area contributed by atoms with E-state index in [1.807, 2.05) is 10.8 Å². The lowest BCUT2D eigenvalue weighted by Crippen LogP contribution is -2.58. The van der Waals surface area contributed by atoms with Crippen molar-refractivity contribution in [3.8, 4) is 0 Å². The van der Waals surface area contributed by atoms with E-state index in [0.717, 1.165) is 32.5 Å². The molecule has 1 N–H and O–H groups in total. The summed E-state index contributed by atoms with van der Waals surface area (Å²) in [6, 6.07) is 0.845. The first-order valence-corrected chi connectivity index (χ1v) is 6.35. The van der Waals surface area contributed by atoms with Crippen LogP contribution in [0.15, 0.2) is 17.2 Å². The van der Waals surface area contributed by atoms with Crippen molar-refractivity contribution in [3.05, 3.63) is 22.7 Å². The Bertz CT molecular complexity index is 462. The van der Waals surface area contributed by atoms with E-state index in [9.17, 15) is 4.79 Å². The minimum absolute atomic E-state index is 0.0729. The number of aromatic nitrogens is 2. The molecule has 1 aromatic heterocycles. The van der Waals surface area contributed by atoms with Gasteiger partial charge in [-0.2, -0.15) is 0 Å². The van der Waals surface area contributed by atoms with Gasteiger partial charge in [0.15, 0.2) is 5.82 Å². The van der Waals surface area contributed by atoms with Crippen molar-refractivity contribution in [2.24, 2.45) is 0 Å². The van der Waals surface area contributed by atoms with Crippen molar-refractivity contribution in [2.75, 3.05) is 24.5 Å². The lowest BCUT2D eigenvalue weighted by molar-refractivity contribution is 0.413. The van der Waals surface area contributed by atoms with Gasteiger partial charge in [0.2, 0.25) is 0 Å². The predicted octanol–water partition coefficient (Wildman–Crippen LogP) is 0.376. The molecule has 2 heterocycles. The van der Waals surface area contributed by atoms with Gasteiger partial charge in [-0.15, -0.1) is 0 Å². The average Bonchev–Trinajstić information content (AvgIpc) is 3.08. The topological polar surface area (TPSA) is 50.2 Å². The smallest absolute Gasteiger partial charge is 0.293 e. The first-order valence-electron chi connectivity index (χ1n) is 6.35. The molecule has 0 unspecified atom stereocenters. The molecule has 5 heteroatoms. The highest BCUT2D eigenvalue weighted by atomic mass is 16.1. The zero-order chi connectivity index (χ0) is 11.8. The molecule has 1 saturated carbocycles. The fraction of sp³-hybridized carbons (Fsp3) is 0.667. The van der Waals surface area contributed by atoms with Gasteiger partial charge in [-0.1, -0.05) is 0 Å². The highest BCUT2D eigenvalue weighted by molar-refractivity contribution is 5.38. The highest BCUT2D eigenvalue weighted by Crippen LogP contribution is 2.33. The minimum atomic E-state index is 0.0729. The van der Waals surface area contributed by atoms with Crippen LogP contribution in [0.3, 0.4) is 0 Å². The largest absolute Gasteiger partial charge is 0.347 e. The van der Waals surface area contributed by atoms with Gasteiger partial charge in [0.25, 0.3) is 5.56 Å². The van der Waals surface area contributed by atoms with Crippen LogP contribution < -0.4 is 15.8 Å². The molecule has 2 aliphatic rings. The maximum atomic E-state index is 12.3. The number of rotatable bonds is 4. The summed E-state index contributed by atoms with van der Waals surface area (Å²) in [6.45, 7) is 4.82. The van der Waals surface area contributed by atoms with Crippen LogP contribution in [-0.2, 0) is 0 Å². The number of hydrogen-bond donors (Lipinski definition) is 1. The van der Waals surface area contributed by atoms with Crippen molar-refractivity contribution in [1.29, 1.82) is 0 Å². The monoisotopic (exact) mass is 234 g/mol. The normalized spacial score (nSPS) is 20.1. The van der Waals surface area contributed by atoms with Gasteiger partial charge in [-0.3, -0.25) is 4.79 Å². The van der Waals surface area contributed by atoms with Crippen LogP contribution in [0.25, 0.3) is 0 Å². The fourth-order valence-electron chi connectivity index (χ4n) is 2.33. The highest BCUT2D eigenvalue weighted by Gasteiger charge is 2.29. The van der Waals surface area contributed by atoms with Gasteiger partial charge in [-0.05, 0) is 19.8 Å². The molecular formula is C12H18N4O. The number of likely N-dealkylation sites (N-methyl/N-ethyl adjacent to an activating group) is 1. The molecule has 0 spiro atoms. The van der Waals surface area contributed by atoms with Crippen LogP contribution in [0.1, 0.15) is 25.8 Å². The summed E-state index contributed by atoms with van der Waals surface area (Å²) < 4.78 is 1.84. The molecule has 0 aromatic carbocycles. The molecule has 3 rings (SSSR count). The maximum Gasteiger partial charge on any atom is 0.293 e. The average molecular weight is 234 g/mol. The molecular weight excluding hydrogens is 216 g/mol. The quantitative estimate of drug-likeness (QED) is 0.818. The van der Waals surface area contributed by atoms with E-state index in [1.165, 1.54) is 0 Å². The van der Waals surface area contributed by atoms with E-state index in [1.54, 1.807) is 6.20 Å². The summed E-state index contributed by atoms with van der Waals surface area (Å²) in [5.74, 6) is 0.619. The SMILES string of the molecule is CCN(c1nccn(C2CC2)c1=O)C1CNC1. The molecule has 5 nitrogen and oxygen atoms in total. The molecule has 2 fully saturated rings. The Labute approximate surface area is 100 Å². The second kappa shape index (κ2) is 4.14. The standard InChI is InChI=1S/C12H18N4O/c1-2-15(10-7-13-8-10)11-12(17)16(6-5-14-11)9-3-4-9/h5-6,9-10,13H,2-4,7-8H2,1H3. The van der Waals surface area contributed by atoms with Crippen molar-refractivity contribution < 1.29 is 0 Å². The Morgan fingerprint density at radius 1 is 1.53 bits per heavy atom. The van der Waals surface area contributed by atoms with Gasteiger partial charge in [0, 0.05) is 38.1 Å². The summed E-state index contributed by atoms with van der Waals surface area (Å²) in [6.07, 6.45) is 5.82. The molecule has 0 radical (unpaired) electrons. The molecule has 1 aromatic rings. The van der Waals surface area contributed by atoms with Crippen molar-refractivity contribution >= 4 is 5.82 Å². The molecule has 0 atom stereocenters. The van der Waals surface area contributed by atoms with Gasteiger partial charge in [-0.25, -0.2) is 4.98 Å². The first-order chi connectivity index (χ1) is 8.31. The number of hydrogen-bond acceptors (Lipinski definition) is 4.